The highest BCUT2D eigenvalue weighted by atomic mass is 32.1. The van der Waals surface area contributed by atoms with Crippen molar-refractivity contribution in [2.24, 2.45) is 5.41 Å². The fraction of sp³-hybridized carbons (Fsp3) is 0.556. The largest absolute Gasteiger partial charge is 0.336 e. The Morgan fingerprint density at radius 1 is 1.32 bits per heavy atom. The van der Waals surface area contributed by atoms with Crippen molar-refractivity contribution in [2.45, 2.75) is 51.2 Å². The smallest absolute Gasteiger partial charge is 0.231 e. The molecule has 25 heavy (non-hydrogen) atoms. The van der Waals surface area contributed by atoms with Gasteiger partial charge in [0.1, 0.15) is 0 Å². The van der Waals surface area contributed by atoms with E-state index in [1.54, 1.807) is 23.7 Å². The fourth-order valence-electron chi connectivity index (χ4n) is 5.09. The summed E-state index contributed by atoms with van der Waals surface area (Å²) in [5.74, 6) is 1.10. The van der Waals surface area contributed by atoms with Crippen LogP contribution >= 0.6 is 11.3 Å². The van der Waals surface area contributed by atoms with E-state index in [2.05, 4.69) is 25.2 Å². The van der Waals surface area contributed by atoms with Gasteiger partial charge < -0.3 is 9.80 Å². The summed E-state index contributed by atoms with van der Waals surface area (Å²) in [5, 5.41) is 3.13. The molecule has 3 fully saturated rings. The molecular formula is C18H21N5OS. The number of thiazole rings is 1. The van der Waals surface area contributed by atoms with Gasteiger partial charge in [-0.3, -0.25) is 4.79 Å². The fourth-order valence-corrected chi connectivity index (χ4v) is 5.70. The van der Waals surface area contributed by atoms with Crippen molar-refractivity contribution in [3.8, 4) is 0 Å². The molecule has 130 valence electrons. The highest BCUT2D eigenvalue weighted by molar-refractivity contribution is 7.09. The van der Waals surface area contributed by atoms with Crippen LogP contribution in [0.2, 0.25) is 0 Å². The second-order valence-corrected chi connectivity index (χ2v) is 8.46. The monoisotopic (exact) mass is 355 g/mol. The Hall–Kier alpha value is -2.02. The van der Waals surface area contributed by atoms with Gasteiger partial charge in [0.05, 0.1) is 22.7 Å². The molecule has 3 atom stereocenters. The number of hydrogen-bond acceptors (Lipinski definition) is 6. The molecule has 6 nitrogen and oxygen atoms in total. The summed E-state index contributed by atoms with van der Waals surface area (Å²) in [4.78, 5) is 31.1. The average Bonchev–Trinajstić information content (AvgIpc) is 3.37. The Morgan fingerprint density at radius 2 is 2.16 bits per heavy atom. The molecule has 0 radical (unpaired) electrons. The summed E-state index contributed by atoms with van der Waals surface area (Å²) in [5.41, 5.74) is 0.770. The van der Waals surface area contributed by atoms with Gasteiger partial charge in [-0.05, 0) is 38.7 Å². The van der Waals surface area contributed by atoms with Crippen LogP contribution in [0.5, 0.6) is 0 Å². The molecule has 1 spiro atoms. The number of anilines is 1. The summed E-state index contributed by atoms with van der Waals surface area (Å²) in [7, 11) is 0. The zero-order valence-corrected chi connectivity index (χ0v) is 15.1. The van der Waals surface area contributed by atoms with E-state index in [4.69, 9.17) is 0 Å². The standard InChI is InChI=1S/C18H21N5OS/c1-12-21-13(11-25-12)10-22-8-5-18(16(22)24)9-14-3-4-15(18)23(14)17-19-6-2-7-20-17/h2,6-7,11,14-15H,3-5,8-10H2,1H3. The number of nitrogens with zero attached hydrogens (tertiary/aromatic N) is 5. The van der Waals surface area contributed by atoms with E-state index in [1.807, 2.05) is 17.9 Å². The van der Waals surface area contributed by atoms with E-state index < -0.39 is 0 Å². The van der Waals surface area contributed by atoms with Crippen LogP contribution in [-0.4, -0.2) is 44.4 Å². The van der Waals surface area contributed by atoms with Crippen LogP contribution in [0.15, 0.2) is 23.8 Å². The van der Waals surface area contributed by atoms with Crippen molar-refractivity contribution in [3.63, 3.8) is 0 Å². The molecule has 2 bridgehead atoms. The van der Waals surface area contributed by atoms with Crippen LogP contribution in [0.4, 0.5) is 5.95 Å². The van der Waals surface area contributed by atoms with Crippen molar-refractivity contribution in [2.75, 3.05) is 11.4 Å². The molecule has 0 aliphatic carbocycles. The van der Waals surface area contributed by atoms with E-state index in [9.17, 15) is 4.79 Å². The van der Waals surface area contributed by atoms with Gasteiger partial charge in [-0.25, -0.2) is 15.0 Å². The molecule has 5 rings (SSSR count). The van der Waals surface area contributed by atoms with E-state index in [1.165, 1.54) is 0 Å². The molecule has 3 aliphatic heterocycles. The highest BCUT2D eigenvalue weighted by Crippen LogP contribution is 2.55. The summed E-state index contributed by atoms with van der Waals surface area (Å²) < 4.78 is 0. The summed E-state index contributed by atoms with van der Waals surface area (Å²) >= 11 is 1.65. The quantitative estimate of drug-likeness (QED) is 0.846. The van der Waals surface area contributed by atoms with Gasteiger partial charge in [-0.2, -0.15) is 0 Å². The summed E-state index contributed by atoms with van der Waals surface area (Å²) in [6, 6.07) is 2.49. The lowest BCUT2D eigenvalue weighted by Crippen LogP contribution is -2.44. The van der Waals surface area contributed by atoms with Crippen LogP contribution < -0.4 is 4.90 Å². The second-order valence-electron chi connectivity index (χ2n) is 7.40. The Labute approximate surface area is 150 Å². The van der Waals surface area contributed by atoms with Crippen LogP contribution in [0.3, 0.4) is 0 Å². The first-order valence-electron chi connectivity index (χ1n) is 8.93. The van der Waals surface area contributed by atoms with Gasteiger partial charge in [0.2, 0.25) is 11.9 Å². The topological polar surface area (TPSA) is 62.2 Å². The minimum Gasteiger partial charge on any atom is -0.336 e. The van der Waals surface area contributed by atoms with Gasteiger partial charge in [0.15, 0.2) is 0 Å². The molecule has 3 saturated heterocycles. The third kappa shape index (κ3) is 2.21. The van der Waals surface area contributed by atoms with Gasteiger partial charge in [0.25, 0.3) is 0 Å². The van der Waals surface area contributed by atoms with Crippen LogP contribution in [0.1, 0.15) is 36.4 Å². The molecular weight excluding hydrogens is 334 g/mol. The Morgan fingerprint density at radius 3 is 2.92 bits per heavy atom. The maximum atomic E-state index is 13.3. The SMILES string of the molecule is Cc1nc(CN2CCC3(CC4CCC3N4c3ncccn3)C2=O)cs1. The van der Waals surface area contributed by atoms with E-state index >= 15 is 0 Å². The molecule has 3 unspecified atom stereocenters. The lowest BCUT2D eigenvalue weighted by molar-refractivity contribution is -0.137. The zero-order chi connectivity index (χ0) is 17.0. The van der Waals surface area contributed by atoms with E-state index in [0.29, 0.717) is 18.5 Å². The first-order chi connectivity index (χ1) is 12.2. The number of aryl methyl sites for hydroxylation is 1. The zero-order valence-electron chi connectivity index (χ0n) is 14.3. The number of likely N-dealkylation sites (tertiary alicyclic amines) is 1. The van der Waals surface area contributed by atoms with Crippen LogP contribution in [0, 0.1) is 12.3 Å². The predicted octanol–water partition coefficient (Wildman–Crippen LogP) is 2.40. The molecule has 5 heterocycles. The minimum atomic E-state index is -0.243. The number of fused-ring (bicyclic) bond motifs is 3. The summed E-state index contributed by atoms with van der Waals surface area (Å²) in [6.07, 6.45) is 7.68. The molecule has 0 aromatic carbocycles. The number of hydrogen-bond donors (Lipinski definition) is 0. The van der Waals surface area contributed by atoms with Gasteiger partial charge in [0, 0.05) is 36.4 Å². The summed E-state index contributed by atoms with van der Waals surface area (Å²) in [6.45, 7) is 3.49. The average molecular weight is 355 g/mol. The molecule has 1 amide bonds. The van der Waals surface area contributed by atoms with Gasteiger partial charge >= 0.3 is 0 Å². The molecule has 7 heteroatoms. The van der Waals surface area contributed by atoms with E-state index in [-0.39, 0.29) is 11.5 Å². The lowest BCUT2D eigenvalue weighted by Gasteiger charge is -2.32. The highest BCUT2D eigenvalue weighted by Gasteiger charge is 2.63. The first-order valence-corrected chi connectivity index (χ1v) is 9.81. The molecule has 0 saturated carbocycles. The number of aromatic nitrogens is 3. The molecule has 2 aromatic heterocycles. The maximum Gasteiger partial charge on any atom is 0.231 e. The van der Waals surface area contributed by atoms with Crippen molar-refractivity contribution in [3.05, 3.63) is 34.5 Å². The third-order valence-electron chi connectivity index (χ3n) is 6.08. The van der Waals surface area contributed by atoms with Crippen LogP contribution in [0.25, 0.3) is 0 Å². The van der Waals surface area contributed by atoms with Crippen molar-refractivity contribution >= 4 is 23.2 Å². The number of carbonyl (C=O) groups is 1. The number of amides is 1. The third-order valence-corrected chi connectivity index (χ3v) is 6.91. The maximum absolute atomic E-state index is 13.3. The lowest BCUT2D eigenvalue weighted by atomic mass is 9.72. The molecule has 2 aromatic rings. The minimum absolute atomic E-state index is 0.243. The van der Waals surface area contributed by atoms with Gasteiger partial charge in [-0.1, -0.05) is 0 Å². The molecule has 0 N–H and O–H groups in total. The molecule has 3 aliphatic rings. The first kappa shape index (κ1) is 15.3. The van der Waals surface area contributed by atoms with E-state index in [0.717, 1.165) is 48.9 Å². The Kier molecular flexibility index (Phi) is 3.35. The van der Waals surface area contributed by atoms with Crippen molar-refractivity contribution in [1.82, 2.24) is 19.9 Å². The Bertz CT molecular complexity index is 809. The number of carbonyl (C=O) groups excluding carboxylic acids is 1. The predicted molar refractivity (Wildman–Crippen MR) is 95.3 cm³/mol. The van der Waals surface area contributed by atoms with Crippen molar-refractivity contribution in [1.29, 1.82) is 0 Å². The van der Waals surface area contributed by atoms with Crippen molar-refractivity contribution < 1.29 is 4.79 Å². The second kappa shape index (κ2) is 5.49. The Balaban J connectivity index is 1.40. The number of rotatable bonds is 3. The normalized spacial score (nSPS) is 30.8. The van der Waals surface area contributed by atoms with Crippen LogP contribution in [-0.2, 0) is 11.3 Å². The van der Waals surface area contributed by atoms with Gasteiger partial charge in [-0.15, -0.1) is 11.3 Å².